The van der Waals surface area contributed by atoms with Crippen molar-refractivity contribution >= 4 is 69.1 Å². The molecule has 108 heavy (non-hydrogen) atoms. The van der Waals surface area contributed by atoms with Crippen LogP contribution in [-0.4, -0.2) is 107 Å². The third-order valence-corrected chi connectivity index (χ3v) is 37.5. The summed E-state index contributed by atoms with van der Waals surface area (Å²) < 4.78 is 22.9. The molecular weight excluding hydrogens is 1390 g/mol. The number of carbonyl (C=O) groups excluding carboxylic acids is 9. The number of carbonyl (C=O) groups is 9. The van der Waals surface area contributed by atoms with E-state index in [1.54, 1.807) is 19.9 Å². The van der Waals surface area contributed by atoms with Gasteiger partial charge >= 0.3 is 11.9 Å². The van der Waals surface area contributed by atoms with Crippen LogP contribution in [0, 0.1) is 111 Å². The van der Waals surface area contributed by atoms with Gasteiger partial charge in [-0.1, -0.05) is 188 Å². The smallest absolute Gasteiger partial charge is 0.308 e. The summed E-state index contributed by atoms with van der Waals surface area (Å²) in [5, 5.41) is 10.5. The first-order chi connectivity index (χ1) is 49.4. The van der Waals surface area contributed by atoms with Crippen molar-refractivity contribution < 1.29 is 66.6 Å². The fraction of sp³-hybridized carbons (Fsp3) is 0.707. The van der Waals surface area contributed by atoms with E-state index in [1.165, 1.54) is 25.3 Å². The molecule has 20 atom stereocenters. The van der Waals surface area contributed by atoms with E-state index in [0.717, 1.165) is 60.0 Å². The molecule has 0 unspecified atom stereocenters. The van der Waals surface area contributed by atoms with Gasteiger partial charge in [-0.15, -0.1) is 6.58 Å². The summed E-state index contributed by atoms with van der Waals surface area (Å²) in [5.41, 5.74) is 6.00. The van der Waals surface area contributed by atoms with Gasteiger partial charge in [0.25, 0.3) is 0 Å². The lowest BCUT2D eigenvalue weighted by Gasteiger charge is -2.55. The summed E-state index contributed by atoms with van der Waals surface area (Å²) in [6.45, 7) is 76.3. The van der Waals surface area contributed by atoms with Crippen molar-refractivity contribution in [3.05, 3.63) is 109 Å². The number of benzene rings is 1. The normalized spacial score (nSPS) is 33.1. The molecule has 0 amide bonds. The highest BCUT2D eigenvalue weighted by Gasteiger charge is 2.60. The topological polar surface area (TPSA) is 211 Å². The Morgan fingerprint density at radius 2 is 1.09 bits per heavy atom. The third-order valence-electron chi connectivity index (χ3n) is 28.5. The van der Waals surface area contributed by atoms with Crippen LogP contribution in [0.2, 0.25) is 36.3 Å². The number of ether oxygens (including phenoxy) is 2. The summed E-state index contributed by atoms with van der Waals surface area (Å²) in [5.74, 6) is 3.34. The molecule has 9 saturated carbocycles. The lowest BCUT2D eigenvalue weighted by atomic mass is 9.47. The second-order valence-electron chi connectivity index (χ2n) is 38.6. The van der Waals surface area contributed by atoms with E-state index in [0.29, 0.717) is 99.5 Å². The van der Waals surface area contributed by atoms with Crippen LogP contribution >= 0.6 is 0 Å². The number of rotatable bonds is 19. The van der Waals surface area contributed by atoms with Gasteiger partial charge in [-0.3, -0.25) is 38.4 Å². The molecule has 10 aliphatic carbocycles. The van der Waals surface area contributed by atoms with E-state index in [2.05, 4.69) is 133 Å². The SMILES string of the molecule is C=C(C)[C@@H]1C[C@H]2[C@H](C)C(=O)[C@@]1(C)C[C@@H]2C(=O)OC.C=C(C)[C@@H]1C[C@H]2[C@H](C)C(=O)[C@H]1C[C@@H]2C(=O)OC.C=C(C)[C@H]1CC(=O)[C@@](C)(CC(C)=O)[C@H](C)C1.C=C(C)[C@H]1CC(=O)[C@H](C)[C@H]1CO[Si](C)(C)C(C)(C)C.C=C(C)[C@H]1CC(=O)[C@](C)(CCC(C)=O)[C@@H](C)[C@@H]1O[Si](C)(C)C(C)(C)C.C=CCC1(O)Cc2ccccc2C1. The minimum Gasteiger partial charge on any atom is -0.469 e. The van der Waals surface area contributed by atoms with Gasteiger partial charge in [-0.25, -0.2) is 0 Å². The monoisotopic (exact) mass is 1530 g/mol. The highest BCUT2D eigenvalue weighted by molar-refractivity contribution is 6.74. The Balaban J connectivity index is 0.000000276. The molecule has 10 aliphatic rings. The second kappa shape index (κ2) is 37.5. The van der Waals surface area contributed by atoms with Crippen molar-refractivity contribution in [3.8, 4) is 0 Å². The van der Waals surface area contributed by atoms with Crippen molar-refractivity contribution in [3.63, 3.8) is 0 Å². The lowest BCUT2D eigenvalue weighted by Crippen LogP contribution is -2.57. The fourth-order valence-electron chi connectivity index (χ4n) is 18.4. The number of aliphatic hydroxyl groups is 1. The average molecular weight is 1530 g/mol. The van der Waals surface area contributed by atoms with Gasteiger partial charge in [0.15, 0.2) is 16.6 Å². The van der Waals surface area contributed by atoms with E-state index in [4.69, 9.17) is 18.3 Å². The Bertz CT molecular complexity index is 3490. The maximum absolute atomic E-state index is 13.0. The molecule has 1 N–H and O–H groups in total. The Hall–Kier alpha value is -5.40. The van der Waals surface area contributed by atoms with E-state index in [9.17, 15) is 48.3 Å². The van der Waals surface area contributed by atoms with Gasteiger partial charge < -0.3 is 28.2 Å². The Kier molecular flexibility index (Phi) is 33.0. The molecule has 1 aromatic rings. The van der Waals surface area contributed by atoms with Crippen molar-refractivity contribution in [1.82, 2.24) is 0 Å². The number of methoxy groups -OCH3 is 2. The third kappa shape index (κ3) is 22.1. The van der Waals surface area contributed by atoms with Crippen LogP contribution in [0.25, 0.3) is 0 Å². The first-order valence-corrected chi connectivity index (χ1v) is 46.0. The molecule has 0 aromatic heterocycles. The highest BCUT2D eigenvalue weighted by Crippen LogP contribution is 2.59. The van der Waals surface area contributed by atoms with Gasteiger partial charge in [0.1, 0.15) is 40.5 Å². The average Bonchev–Trinajstić information content (AvgIpc) is 0.813. The zero-order chi connectivity index (χ0) is 83.0. The minimum atomic E-state index is -1.97. The van der Waals surface area contributed by atoms with Crippen LogP contribution in [0.1, 0.15) is 234 Å². The molecule has 0 heterocycles. The number of Topliss-reactive ketones (excluding diaryl/α,β-unsaturated/α-hetero) is 7. The standard InChI is InChI=1S/C21H38O3Si.C16H30O2Si.C15H22O3.C14H20O3.C14H22O2.C12H14O/c1-14(2)17-13-18(23)21(8,12-11-15(3)22)16(4)19(17)24-25(9,10)20(5,6)7;1-11(2)13-9-15(17)12(3)14(13)10-18-19(7,8)16(4,5)6;1-8(2)12-6-10-9(3)13(16)15(12,4)7-11(10)14(17)18-5;1-7(2)9-5-10-8(3)13(15)11(9)6-12(10)14(16)17-4;1-9(2)12-6-10(3)14(5,8-11(4)15)13(16)7-12;1-2-7-12(13)8-10-5-3-4-6-11(10)9-12/h16-17,19H,1,11-13H2,2-10H3;12-14H,1,9-10H2,2-8H3;9-12H,1,6-7H2,2-5H3;8-12H,1,5-6H2,2-4H3;10,12H,1,6-8H2,2-5H3;2-6,13H,1,7-9H2/t16-,17+,19-,21+;12-,13-,14-;9-,10-,11-,12-,15-;8-,9-,10-,11-,12-;10-,12-,14+;/m01001./s1. The van der Waals surface area contributed by atoms with Gasteiger partial charge in [0, 0.05) is 97.4 Å². The van der Waals surface area contributed by atoms with Crippen molar-refractivity contribution in [2.75, 3.05) is 20.8 Å². The van der Waals surface area contributed by atoms with Gasteiger partial charge in [0.05, 0.1) is 37.8 Å². The highest BCUT2D eigenvalue weighted by atomic mass is 28.4. The summed E-state index contributed by atoms with van der Waals surface area (Å²) in [4.78, 5) is 108. The van der Waals surface area contributed by atoms with Crippen LogP contribution in [-0.2, 0) is 74.3 Å². The molecule has 9 fully saturated rings. The first kappa shape index (κ1) is 95.0. The first-order valence-electron chi connectivity index (χ1n) is 40.2. The predicted molar refractivity (Wildman–Crippen MR) is 443 cm³/mol. The fourth-order valence-corrected chi connectivity index (χ4v) is 20.9. The van der Waals surface area contributed by atoms with E-state index in [-0.39, 0.29) is 128 Å². The van der Waals surface area contributed by atoms with Gasteiger partial charge in [-0.2, -0.15) is 0 Å². The van der Waals surface area contributed by atoms with Crippen molar-refractivity contribution in [2.45, 2.75) is 283 Å². The van der Waals surface area contributed by atoms with Crippen LogP contribution in [0.3, 0.4) is 0 Å². The number of fused-ring (bicyclic) bond motifs is 7. The molecule has 14 nitrogen and oxygen atoms in total. The molecule has 0 saturated heterocycles. The van der Waals surface area contributed by atoms with Gasteiger partial charge in [0.2, 0.25) is 0 Å². The summed E-state index contributed by atoms with van der Waals surface area (Å²) >= 11 is 0. The Morgan fingerprint density at radius 1 is 0.593 bits per heavy atom. The molecule has 4 bridgehead atoms. The minimum absolute atomic E-state index is 0.00606. The zero-order valence-corrected chi connectivity index (χ0v) is 74.3. The molecule has 606 valence electrons. The maximum atomic E-state index is 13.0. The molecule has 1 aromatic carbocycles. The molecule has 0 radical (unpaired) electrons. The van der Waals surface area contributed by atoms with E-state index < -0.39 is 38.5 Å². The summed E-state index contributed by atoms with van der Waals surface area (Å²) in [6, 6.07) is 8.24. The van der Waals surface area contributed by atoms with Crippen LogP contribution in [0.5, 0.6) is 0 Å². The number of ketones is 7. The molecular formula is C92H146O14Si2. The van der Waals surface area contributed by atoms with Crippen LogP contribution < -0.4 is 0 Å². The second-order valence-corrected chi connectivity index (χ2v) is 48.2. The molecule has 0 aliphatic heterocycles. The molecule has 11 rings (SSSR count). The van der Waals surface area contributed by atoms with Crippen LogP contribution in [0.15, 0.2) is 97.7 Å². The Morgan fingerprint density at radius 3 is 1.54 bits per heavy atom. The number of hydrogen-bond acceptors (Lipinski definition) is 14. The van der Waals surface area contributed by atoms with Crippen molar-refractivity contribution in [1.29, 1.82) is 0 Å². The molecule has 16 heteroatoms. The van der Waals surface area contributed by atoms with E-state index >= 15 is 0 Å². The summed E-state index contributed by atoms with van der Waals surface area (Å²) in [6.07, 6.45) is 11.2. The number of esters is 2. The number of allylic oxidation sites excluding steroid dienone is 4. The number of hydrogen-bond donors (Lipinski definition) is 1. The Labute approximate surface area is 655 Å². The lowest BCUT2D eigenvalue weighted by molar-refractivity contribution is -0.167. The van der Waals surface area contributed by atoms with E-state index in [1.807, 2.05) is 88.3 Å². The quantitative estimate of drug-likeness (QED) is 0.0776. The zero-order valence-electron chi connectivity index (χ0n) is 72.3. The summed E-state index contributed by atoms with van der Waals surface area (Å²) in [7, 11) is -0.850. The molecule has 0 spiro atoms. The maximum Gasteiger partial charge on any atom is 0.308 e. The van der Waals surface area contributed by atoms with Gasteiger partial charge in [-0.05, 0) is 194 Å². The van der Waals surface area contributed by atoms with Crippen LogP contribution in [0.4, 0.5) is 0 Å². The predicted octanol–water partition coefficient (Wildman–Crippen LogP) is 20.1. The van der Waals surface area contributed by atoms with Crippen molar-refractivity contribution in [2.24, 2.45) is 111 Å². The largest absolute Gasteiger partial charge is 0.469 e.